The summed E-state index contributed by atoms with van der Waals surface area (Å²) in [7, 11) is -0.753. The van der Waals surface area contributed by atoms with Gasteiger partial charge < -0.3 is 10.2 Å². The first-order valence-corrected chi connectivity index (χ1v) is 11.0. The second kappa shape index (κ2) is 8.61. The van der Waals surface area contributed by atoms with Gasteiger partial charge in [0.15, 0.2) is 0 Å². The van der Waals surface area contributed by atoms with Crippen molar-refractivity contribution in [1.29, 1.82) is 0 Å². The summed E-state index contributed by atoms with van der Waals surface area (Å²) in [5, 5.41) is 2.63. The van der Waals surface area contributed by atoms with Gasteiger partial charge in [-0.25, -0.2) is 12.7 Å². The third kappa shape index (κ3) is 5.54. The number of sulfonamides is 1. The average Bonchev–Trinajstić information content (AvgIpc) is 3.05. The Bertz CT molecular complexity index is 828. The molecule has 0 aliphatic carbocycles. The van der Waals surface area contributed by atoms with E-state index in [1.807, 2.05) is 4.90 Å². The highest BCUT2D eigenvalue weighted by atomic mass is 32.2. The molecule has 1 N–H and O–H groups in total. The Morgan fingerprint density at radius 1 is 1.25 bits per heavy atom. The molecule has 28 heavy (non-hydrogen) atoms. The van der Waals surface area contributed by atoms with Crippen molar-refractivity contribution in [2.24, 2.45) is 5.41 Å². The molecule has 1 heterocycles. The van der Waals surface area contributed by atoms with E-state index in [4.69, 9.17) is 0 Å². The minimum Gasteiger partial charge on any atom is -0.343 e. The Morgan fingerprint density at radius 2 is 1.93 bits per heavy atom. The quantitative estimate of drug-likeness (QED) is 0.779. The van der Waals surface area contributed by atoms with Gasteiger partial charge >= 0.3 is 0 Å². The molecule has 2 rings (SSSR count). The zero-order valence-corrected chi connectivity index (χ0v) is 18.2. The molecule has 1 fully saturated rings. The van der Waals surface area contributed by atoms with Gasteiger partial charge in [0.2, 0.25) is 15.9 Å². The van der Waals surface area contributed by atoms with Crippen LogP contribution < -0.4 is 5.32 Å². The first kappa shape index (κ1) is 22.4. The molecule has 1 aromatic rings. The third-order valence-electron chi connectivity index (χ3n) is 4.82. The fraction of sp³-hybridized carbons (Fsp3) is 0.600. The lowest BCUT2D eigenvalue weighted by Gasteiger charge is -2.30. The van der Waals surface area contributed by atoms with Crippen LogP contribution in [0.25, 0.3) is 0 Å². The zero-order chi connectivity index (χ0) is 21.1. The molecule has 0 saturated carbocycles. The van der Waals surface area contributed by atoms with E-state index in [9.17, 15) is 18.0 Å². The van der Waals surface area contributed by atoms with Crippen LogP contribution in [0.2, 0.25) is 0 Å². The van der Waals surface area contributed by atoms with E-state index in [0.717, 1.165) is 23.6 Å². The van der Waals surface area contributed by atoms with E-state index < -0.39 is 15.9 Å². The van der Waals surface area contributed by atoms with Gasteiger partial charge in [-0.05, 0) is 42.9 Å². The maximum atomic E-state index is 12.6. The Balaban J connectivity index is 2.01. The number of rotatable bonds is 6. The van der Waals surface area contributed by atoms with Gasteiger partial charge in [-0.15, -0.1) is 0 Å². The number of benzene rings is 1. The molecule has 0 spiro atoms. The summed E-state index contributed by atoms with van der Waals surface area (Å²) < 4.78 is 25.6. The Hall–Kier alpha value is -1.93. The Kier molecular flexibility index (Phi) is 6.88. The number of hydrogen-bond donors (Lipinski definition) is 1. The maximum Gasteiger partial charge on any atom is 0.251 e. The molecular formula is C20H31N3O4S. The van der Waals surface area contributed by atoms with Crippen molar-refractivity contribution < 1.29 is 18.0 Å². The molecule has 1 unspecified atom stereocenters. The smallest absolute Gasteiger partial charge is 0.251 e. The highest BCUT2D eigenvalue weighted by Crippen LogP contribution is 2.29. The number of amides is 2. The highest BCUT2D eigenvalue weighted by molar-refractivity contribution is 7.89. The molecule has 1 saturated heterocycles. The number of likely N-dealkylation sites (tertiary alicyclic amines) is 1. The van der Waals surface area contributed by atoms with Crippen molar-refractivity contribution in [3.8, 4) is 0 Å². The fourth-order valence-electron chi connectivity index (χ4n) is 3.45. The van der Waals surface area contributed by atoms with Crippen molar-refractivity contribution in [1.82, 2.24) is 14.5 Å². The standard InChI is InChI=1S/C20H31N3O4S/c1-20(2,3)13-16-9-7-11-23(16)18(24)14-21-19(25)15-8-6-10-17(12-15)28(26,27)22(4)5/h6,8,10,12,16H,7,9,11,13-14H2,1-5H3,(H,21,25). The van der Waals surface area contributed by atoms with Crippen LogP contribution in [0.5, 0.6) is 0 Å². The monoisotopic (exact) mass is 409 g/mol. The molecular weight excluding hydrogens is 378 g/mol. The predicted octanol–water partition coefficient (Wildman–Crippen LogP) is 2.09. The molecule has 1 aliphatic heterocycles. The van der Waals surface area contributed by atoms with Crippen LogP contribution in [-0.2, 0) is 14.8 Å². The predicted molar refractivity (Wildman–Crippen MR) is 108 cm³/mol. The fourth-order valence-corrected chi connectivity index (χ4v) is 4.40. The normalized spacial score (nSPS) is 17.8. The van der Waals surface area contributed by atoms with E-state index in [-0.39, 0.29) is 34.4 Å². The van der Waals surface area contributed by atoms with Crippen LogP contribution in [0.1, 0.15) is 50.4 Å². The van der Waals surface area contributed by atoms with Crippen LogP contribution in [0.15, 0.2) is 29.2 Å². The van der Waals surface area contributed by atoms with Crippen molar-refractivity contribution in [2.75, 3.05) is 27.2 Å². The second-order valence-electron chi connectivity index (χ2n) is 8.65. The van der Waals surface area contributed by atoms with Gasteiger partial charge in [-0.2, -0.15) is 0 Å². The molecule has 0 aromatic heterocycles. The van der Waals surface area contributed by atoms with Crippen LogP contribution in [0.4, 0.5) is 0 Å². The van der Waals surface area contributed by atoms with Gasteiger partial charge in [0.25, 0.3) is 5.91 Å². The number of carbonyl (C=O) groups excluding carboxylic acids is 2. The summed E-state index contributed by atoms with van der Waals surface area (Å²) in [5.41, 5.74) is 0.346. The number of hydrogen-bond acceptors (Lipinski definition) is 4. The first-order valence-electron chi connectivity index (χ1n) is 9.52. The summed E-state index contributed by atoms with van der Waals surface area (Å²) in [4.78, 5) is 26.9. The SMILES string of the molecule is CN(C)S(=O)(=O)c1cccc(C(=O)NCC(=O)N2CCCC2CC(C)(C)C)c1. The number of carbonyl (C=O) groups is 2. The molecule has 1 atom stereocenters. The molecule has 156 valence electrons. The molecule has 0 bridgehead atoms. The van der Waals surface area contributed by atoms with Crippen molar-refractivity contribution in [2.45, 2.75) is 51.0 Å². The summed E-state index contributed by atoms with van der Waals surface area (Å²) in [5.74, 6) is -0.562. The summed E-state index contributed by atoms with van der Waals surface area (Å²) in [6.07, 6.45) is 2.89. The number of nitrogens with zero attached hydrogens (tertiary/aromatic N) is 2. The lowest BCUT2D eigenvalue weighted by molar-refractivity contribution is -0.131. The van der Waals surface area contributed by atoms with E-state index in [1.54, 1.807) is 0 Å². The van der Waals surface area contributed by atoms with Crippen LogP contribution in [0.3, 0.4) is 0 Å². The van der Waals surface area contributed by atoms with Crippen LogP contribution in [0, 0.1) is 5.41 Å². The van der Waals surface area contributed by atoms with Gasteiger partial charge in [0, 0.05) is 32.2 Å². The van der Waals surface area contributed by atoms with Gasteiger partial charge in [-0.3, -0.25) is 9.59 Å². The largest absolute Gasteiger partial charge is 0.343 e. The molecule has 1 aromatic carbocycles. The molecule has 2 amide bonds. The summed E-state index contributed by atoms with van der Waals surface area (Å²) in [6, 6.07) is 6.03. The van der Waals surface area contributed by atoms with Gasteiger partial charge in [0.1, 0.15) is 0 Å². The minimum atomic E-state index is -3.62. The lowest BCUT2D eigenvalue weighted by Crippen LogP contribution is -2.43. The van der Waals surface area contributed by atoms with Crippen molar-refractivity contribution in [3.05, 3.63) is 29.8 Å². The van der Waals surface area contributed by atoms with E-state index in [0.29, 0.717) is 6.54 Å². The van der Waals surface area contributed by atoms with E-state index >= 15 is 0 Å². The molecule has 7 nitrogen and oxygen atoms in total. The third-order valence-corrected chi connectivity index (χ3v) is 6.63. The summed E-state index contributed by atoms with van der Waals surface area (Å²) in [6.45, 7) is 7.09. The van der Waals surface area contributed by atoms with Crippen molar-refractivity contribution >= 4 is 21.8 Å². The lowest BCUT2D eigenvalue weighted by atomic mass is 9.87. The Labute approximate surface area is 168 Å². The first-order chi connectivity index (χ1) is 12.9. The number of nitrogens with one attached hydrogen (secondary N) is 1. The van der Waals surface area contributed by atoms with Crippen molar-refractivity contribution in [3.63, 3.8) is 0 Å². The summed E-state index contributed by atoms with van der Waals surface area (Å²) >= 11 is 0. The molecule has 8 heteroatoms. The topological polar surface area (TPSA) is 86.8 Å². The van der Waals surface area contributed by atoms with E-state index in [2.05, 4.69) is 26.1 Å². The molecule has 0 radical (unpaired) electrons. The van der Waals surface area contributed by atoms with Gasteiger partial charge in [0.05, 0.1) is 11.4 Å². The van der Waals surface area contributed by atoms with Crippen LogP contribution in [-0.4, -0.2) is 62.7 Å². The average molecular weight is 410 g/mol. The van der Waals surface area contributed by atoms with Gasteiger partial charge in [-0.1, -0.05) is 26.8 Å². The second-order valence-corrected chi connectivity index (χ2v) is 10.8. The van der Waals surface area contributed by atoms with Crippen LogP contribution >= 0.6 is 0 Å². The maximum absolute atomic E-state index is 12.6. The van der Waals surface area contributed by atoms with E-state index in [1.165, 1.54) is 38.4 Å². The highest BCUT2D eigenvalue weighted by Gasteiger charge is 2.31. The minimum absolute atomic E-state index is 0.0428. The molecule has 1 aliphatic rings. The Morgan fingerprint density at radius 3 is 2.54 bits per heavy atom. The zero-order valence-electron chi connectivity index (χ0n) is 17.4.